The lowest BCUT2D eigenvalue weighted by atomic mass is 10.1. The fourth-order valence-electron chi connectivity index (χ4n) is 2.95. The Morgan fingerprint density at radius 2 is 2.03 bits per heavy atom. The summed E-state index contributed by atoms with van der Waals surface area (Å²) in [5, 5.41) is 16.0. The van der Waals surface area contributed by atoms with Crippen molar-refractivity contribution in [3.63, 3.8) is 0 Å². The van der Waals surface area contributed by atoms with E-state index in [1.165, 1.54) is 25.4 Å². The molecule has 0 aliphatic heterocycles. The molecule has 1 aromatic heterocycles. The Balaban J connectivity index is 2.18. The monoisotopic (exact) mass is 502 g/mol. The first-order chi connectivity index (χ1) is 17.3. The number of nitrogens with one attached hydrogen (secondary N) is 3. The van der Waals surface area contributed by atoms with Gasteiger partial charge < -0.3 is 19.8 Å². The second-order valence-electron chi connectivity index (χ2n) is 7.28. The highest BCUT2D eigenvalue weighted by atomic mass is 19.3. The SMILES string of the molecule is C=CN/N=C(\CNC=O)NC(=O)c1ccc(C(F)(F)c2nnc(C(C)/C(=C\C/C=C\C)OC)o2)cc1. The van der Waals surface area contributed by atoms with Gasteiger partial charge >= 0.3 is 5.92 Å². The number of benzene rings is 1. The van der Waals surface area contributed by atoms with E-state index in [2.05, 4.69) is 37.9 Å². The maximum Gasteiger partial charge on any atom is 0.349 e. The minimum atomic E-state index is -3.60. The van der Waals surface area contributed by atoms with Crippen LogP contribution in [0, 0.1) is 0 Å². The molecular weight excluding hydrogens is 474 g/mol. The van der Waals surface area contributed by atoms with Crippen molar-refractivity contribution >= 4 is 18.2 Å². The highest BCUT2D eigenvalue weighted by Gasteiger charge is 2.41. The number of hydrazone groups is 1. The summed E-state index contributed by atoms with van der Waals surface area (Å²) in [5.74, 6) is -5.04. The number of rotatable bonds is 13. The van der Waals surface area contributed by atoms with E-state index in [0.29, 0.717) is 18.6 Å². The molecule has 12 heteroatoms. The molecule has 0 bridgehead atoms. The fourth-order valence-corrected chi connectivity index (χ4v) is 2.95. The van der Waals surface area contributed by atoms with Gasteiger partial charge in [-0.2, -0.15) is 13.9 Å². The van der Waals surface area contributed by atoms with Crippen LogP contribution in [0.4, 0.5) is 8.78 Å². The Bertz CT molecular complexity index is 1130. The van der Waals surface area contributed by atoms with Gasteiger partial charge in [0.1, 0.15) is 11.6 Å². The molecule has 1 atom stereocenters. The molecule has 1 heterocycles. The molecular formula is C24H28F2N6O4. The summed E-state index contributed by atoms with van der Waals surface area (Å²) in [6.45, 7) is 6.95. The van der Waals surface area contributed by atoms with Crippen molar-refractivity contribution in [3.8, 4) is 0 Å². The molecule has 1 aromatic carbocycles. The number of alkyl halides is 2. The van der Waals surface area contributed by atoms with Crippen molar-refractivity contribution in [2.75, 3.05) is 13.7 Å². The molecule has 0 fully saturated rings. The molecule has 0 radical (unpaired) electrons. The van der Waals surface area contributed by atoms with Gasteiger partial charge in [-0.15, -0.1) is 10.2 Å². The van der Waals surface area contributed by atoms with Crippen molar-refractivity contribution in [2.24, 2.45) is 5.10 Å². The number of aromatic nitrogens is 2. The summed E-state index contributed by atoms with van der Waals surface area (Å²) >= 11 is 0. The van der Waals surface area contributed by atoms with Crippen molar-refractivity contribution in [1.82, 2.24) is 26.3 Å². The lowest BCUT2D eigenvalue weighted by molar-refractivity contribution is -0.109. The van der Waals surface area contributed by atoms with Crippen LogP contribution in [-0.2, 0) is 15.5 Å². The standard InChI is InChI=1S/C24H28F2N6O4/c1-5-7-8-9-19(35-4)16(3)22-31-32-23(36-22)24(25,26)18-12-10-17(11-13-18)21(34)29-20(14-27-15-33)30-28-6-2/h5-7,9-13,15-16,28H,2,8,14H2,1,3-4H3,(H,27,33)(H,29,30,34)/b7-5-,19-9+. The zero-order valence-electron chi connectivity index (χ0n) is 20.1. The van der Waals surface area contributed by atoms with Crippen LogP contribution in [-0.4, -0.2) is 42.0 Å². The number of nitrogens with zero attached hydrogens (tertiary/aromatic N) is 3. The maximum absolute atomic E-state index is 15.1. The molecule has 0 spiro atoms. The highest BCUT2D eigenvalue weighted by Crippen LogP contribution is 2.36. The van der Waals surface area contributed by atoms with Crippen LogP contribution in [0.15, 0.2) is 70.6 Å². The third-order valence-corrected chi connectivity index (χ3v) is 4.84. The van der Waals surface area contributed by atoms with Gasteiger partial charge in [-0.3, -0.25) is 15.0 Å². The quantitative estimate of drug-likeness (QED) is 0.0956. The maximum atomic E-state index is 15.1. The van der Waals surface area contributed by atoms with Crippen LogP contribution in [0.3, 0.4) is 0 Å². The first-order valence-electron chi connectivity index (χ1n) is 10.9. The second-order valence-corrected chi connectivity index (χ2v) is 7.28. The zero-order chi connectivity index (χ0) is 26.6. The van der Waals surface area contributed by atoms with Crippen molar-refractivity contribution < 1.29 is 27.5 Å². The Morgan fingerprint density at radius 1 is 1.31 bits per heavy atom. The molecule has 10 nitrogen and oxygen atoms in total. The lowest BCUT2D eigenvalue weighted by Crippen LogP contribution is -2.38. The Labute approximate surface area is 207 Å². The molecule has 2 aromatic rings. The topological polar surface area (TPSA) is 131 Å². The first-order valence-corrected chi connectivity index (χ1v) is 10.9. The number of methoxy groups -OCH3 is 1. The van der Waals surface area contributed by atoms with E-state index in [1.807, 2.05) is 19.1 Å². The normalized spacial score (nSPS) is 13.2. The van der Waals surface area contributed by atoms with Crippen LogP contribution in [0.25, 0.3) is 0 Å². The van der Waals surface area contributed by atoms with Gasteiger partial charge in [-0.05, 0) is 38.5 Å². The highest BCUT2D eigenvalue weighted by molar-refractivity contribution is 6.07. The number of halogens is 2. The predicted octanol–water partition coefficient (Wildman–Crippen LogP) is 3.33. The molecule has 192 valence electrons. The number of hydrogen-bond donors (Lipinski definition) is 3. The molecule has 0 aliphatic carbocycles. The molecule has 1 unspecified atom stereocenters. The summed E-state index contributed by atoms with van der Waals surface area (Å²) in [7, 11) is 1.48. The number of amidine groups is 1. The van der Waals surface area contributed by atoms with Crippen molar-refractivity contribution in [1.29, 1.82) is 0 Å². The summed E-state index contributed by atoms with van der Waals surface area (Å²) in [4.78, 5) is 23.0. The van der Waals surface area contributed by atoms with Gasteiger partial charge in [0.15, 0.2) is 0 Å². The van der Waals surface area contributed by atoms with Crippen molar-refractivity contribution in [3.05, 3.63) is 83.9 Å². The Hall–Kier alpha value is -4.35. The van der Waals surface area contributed by atoms with Gasteiger partial charge in [0.2, 0.25) is 12.3 Å². The largest absolute Gasteiger partial charge is 0.501 e. The minimum absolute atomic E-state index is 0.0156. The fraction of sp³-hybridized carbons (Fsp3) is 0.292. The van der Waals surface area contributed by atoms with Gasteiger partial charge in [-0.25, -0.2) is 0 Å². The smallest absolute Gasteiger partial charge is 0.349 e. The summed E-state index contributed by atoms with van der Waals surface area (Å²) in [6.07, 6.45) is 7.90. The van der Waals surface area contributed by atoms with Gasteiger partial charge in [0, 0.05) is 17.3 Å². The van der Waals surface area contributed by atoms with Gasteiger partial charge in [0.05, 0.1) is 19.6 Å². The van der Waals surface area contributed by atoms with Gasteiger partial charge in [0.25, 0.3) is 11.8 Å². The molecule has 0 aliphatic rings. The molecule has 3 N–H and O–H groups in total. The Kier molecular flexibility index (Phi) is 10.5. The van der Waals surface area contributed by atoms with Gasteiger partial charge in [-0.1, -0.05) is 30.9 Å². The number of amides is 2. The van der Waals surface area contributed by atoms with E-state index in [1.54, 1.807) is 13.0 Å². The third-order valence-electron chi connectivity index (χ3n) is 4.84. The summed E-state index contributed by atoms with van der Waals surface area (Å²) in [5.41, 5.74) is 2.08. The number of carbonyl (C=O) groups excluding carboxylic acids is 2. The van der Waals surface area contributed by atoms with Crippen LogP contribution >= 0.6 is 0 Å². The Morgan fingerprint density at radius 3 is 2.64 bits per heavy atom. The van der Waals surface area contributed by atoms with Crippen molar-refractivity contribution in [2.45, 2.75) is 32.1 Å². The van der Waals surface area contributed by atoms with Crippen LogP contribution in [0.2, 0.25) is 0 Å². The predicted molar refractivity (Wildman–Crippen MR) is 129 cm³/mol. The first kappa shape index (κ1) is 27.9. The molecule has 2 amide bonds. The van der Waals surface area contributed by atoms with E-state index in [-0.39, 0.29) is 23.8 Å². The second kappa shape index (κ2) is 13.5. The average Bonchev–Trinajstić information content (AvgIpc) is 3.39. The molecule has 0 saturated carbocycles. The summed E-state index contributed by atoms with van der Waals surface area (Å²) < 4.78 is 40.8. The zero-order valence-corrected chi connectivity index (χ0v) is 20.1. The summed E-state index contributed by atoms with van der Waals surface area (Å²) in [6, 6.07) is 4.61. The van der Waals surface area contributed by atoms with E-state index < -0.39 is 29.2 Å². The van der Waals surface area contributed by atoms with E-state index in [0.717, 1.165) is 12.1 Å². The van der Waals surface area contributed by atoms with E-state index >= 15 is 8.78 Å². The number of hydrogen-bond acceptors (Lipinski definition) is 8. The molecule has 36 heavy (non-hydrogen) atoms. The molecule has 2 rings (SSSR count). The number of carbonyl (C=O) groups is 2. The van der Waals surface area contributed by atoms with Crippen LogP contribution < -0.4 is 16.1 Å². The van der Waals surface area contributed by atoms with Crippen LogP contribution in [0.5, 0.6) is 0 Å². The van der Waals surface area contributed by atoms with E-state index in [9.17, 15) is 9.59 Å². The lowest BCUT2D eigenvalue weighted by Gasteiger charge is -2.14. The number of ether oxygens (including phenoxy) is 1. The van der Waals surface area contributed by atoms with Crippen LogP contribution in [0.1, 0.15) is 53.9 Å². The third kappa shape index (κ3) is 7.32. The van der Waals surface area contributed by atoms with E-state index in [4.69, 9.17) is 9.15 Å². The molecule has 0 saturated heterocycles. The average molecular weight is 503 g/mol. The minimum Gasteiger partial charge on any atom is -0.501 e. The number of allylic oxidation sites excluding steroid dienone is 4.